The summed E-state index contributed by atoms with van der Waals surface area (Å²) >= 11 is 0. The third kappa shape index (κ3) is 5.39. The first-order chi connectivity index (χ1) is 10.3. The predicted octanol–water partition coefficient (Wildman–Crippen LogP) is 1.81. The predicted molar refractivity (Wildman–Crippen MR) is 82.8 cm³/mol. The lowest BCUT2D eigenvalue weighted by Crippen LogP contribution is -2.30. The van der Waals surface area contributed by atoms with Gasteiger partial charge in [-0.25, -0.2) is 4.98 Å². The van der Waals surface area contributed by atoms with E-state index >= 15 is 0 Å². The number of aromatic amines is 1. The second kappa shape index (κ2) is 8.21. The lowest BCUT2D eigenvalue weighted by Gasteiger charge is -2.14. The summed E-state index contributed by atoms with van der Waals surface area (Å²) in [6.07, 6.45) is 4.87. The third-order valence-electron chi connectivity index (χ3n) is 3.33. The molecule has 0 saturated heterocycles. The fourth-order valence-electron chi connectivity index (χ4n) is 2.11. The molecule has 1 unspecified atom stereocenters. The van der Waals surface area contributed by atoms with Crippen LogP contribution in [0.15, 0.2) is 42.9 Å². The van der Waals surface area contributed by atoms with Gasteiger partial charge in [-0.3, -0.25) is 4.79 Å². The van der Waals surface area contributed by atoms with Gasteiger partial charge in [-0.05, 0) is 12.5 Å². The normalized spacial score (nSPS) is 12.0. The molecular weight excluding hydrogens is 264 g/mol. The van der Waals surface area contributed by atoms with E-state index in [1.807, 2.05) is 43.5 Å². The Morgan fingerprint density at radius 3 is 2.81 bits per heavy atom. The molecule has 0 spiro atoms. The van der Waals surface area contributed by atoms with Crippen molar-refractivity contribution in [3.63, 3.8) is 0 Å². The van der Waals surface area contributed by atoms with Crippen molar-refractivity contribution in [1.29, 1.82) is 0 Å². The minimum atomic E-state index is 0.0451. The van der Waals surface area contributed by atoms with Crippen LogP contribution in [-0.4, -0.2) is 29.0 Å². The van der Waals surface area contributed by atoms with Gasteiger partial charge < -0.3 is 15.6 Å². The maximum Gasteiger partial charge on any atom is 0.221 e. The summed E-state index contributed by atoms with van der Waals surface area (Å²) < 4.78 is 0. The monoisotopic (exact) mass is 286 g/mol. The van der Waals surface area contributed by atoms with Gasteiger partial charge in [0.05, 0.1) is 12.4 Å². The van der Waals surface area contributed by atoms with E-state index in [1.165, 1.54) is 0 Å². The number of carbonyl (C=O) groups is 1. The zero-order chi connectivity index (χ0) is 14.9. The Kier molecular flexibility index (Phi) is 5.97. The van der Waals surface area contributed by atoms with E-state index in [4.69, 9.17) is 0 Å². The van der Waals surface area contributed by atoms with Crippen molar-refractivity contribution in [2.45, 2.75) is 25.8 Å². The molecule has 112 valence electrons. The second-order valence-corrected chi connectivity index (χ2v) is 5.03. The molecule has 0 aliphatic carbocycles. The van der Waals surface area contributed by atoms with Gasteiger partial charge in [0.2, 0.25) is 5.91 Å². The molecule has 5 heteroatoms. The van der Waals surface area contributed by atoms with Gasteiger partial charge in [0.25, 0.3) is 0 Å². The van der Waals surface area contributed by atoms with Crippen LogP contribution in [0.2, 0.25) is 0 Å². The largest absolute Gasteiger partial charge is 0.350 e. The molecule has 0 aliphatic heterocycles. The first-order valence-electron chi connectivity index (χ1n) is 7.28. The molecule has 1 atom stereocenters. The van der Waals surface area contributed by atoms with Crippen molar-refractivity contribution < 1.29 is 4.79 Å². The Labute approximate surface area is 125 Å². The summed E-state index contributed by atoms with van der Waals surface area (Å²) in [5.74, 6) is 0.0698. The quantitative estimate of drug-likeness (QED) is 0.648. The zero-order valence-corrected chi connectivity index (χ0v) is 12.3. The Morgan fingerprint density at radius 2 is 2.10 bits per heavy atom. The molecule has 5 nitrogen and oxygen atoms in total. The van der Waals surface area contributed by atoms with Crippen LogP contribution in [0.3, 0.4) is 0 Å². The van der Waals surface area contributed by atoms with E-state index in [1.54, 1.807) is 6.33 Å². The average Bonchev–Trinajstić information content (AvgIpc) is 3.01. The first-order valence-corrected chi connectivity index (χ1v) is 7.28. The highest BCUT2D eigenvalue weighted by molar-refractivity contribution is 5.76. The summed E-state index contributed by atoms with van der Waals surface area (Å²) in [4.78, 5) is 18.9. The number of nitrogens with one attached hydrogen (secondary N) is 3. The van der Waals surface area contributed by atoms with Crippen molar-refractivity contribution in [3.05, 3.63) is 54.1 Å². The van der Waals surface area contributed by atoms with Crippen molar-refractivity contribution in [2.24, 2.45) is 0 Å². The minimum absolute atomic E-state index is 0.0451. The number of hydrogen-bond acceptors (Lipinski definition) is 3. The van der Waals surface area contributed by atoms with Gasteiger partial charge >= 0.3 is 0 Å². The molecule has 3 N–H and O–H groups in total. The maximum atomic E-state index is 11.9. The molecular formula is C16H22N4O. The van der Waals surface area contributed by atoms with Crippen LogP contribution >= 0.6 is 0 Å². The van der Waals surface area contributed by atoms with E-state index in [-0.39, 0.29) is 11.9 Å². The van der Waals surface area contributed by atoms with Gasteiger partial charge in [-0.15, -0.1) is 0 Å². The number of hydrogen-bond donors (Lipinski definition) is 3. The summed E-state index contributed by atoms with van der Waals surface area (Å²) in [5.41, 5.74) is 2.22. The van der Waals surface area contributed by atoms with Crippen LogP contribution in [0.4, 0.5) is 0 Å². The summed E-state index contributed by atoms with van der Waals surface area (Å²) in [5, 5.41) is 6.26. The maximum absolute atomic E-state index is 11.9. The molecule has 1 amide bonds. The molecule has 2 rings (SSSR count). The first kappa shape index (κ1) is 15.3. The Morgan fingerprint density at radius 1 is 1.29 bits per heavy atom. The number of nitrogens with zero attached hydrogens (tertiary/aromatic N) is 1. The number of benzene rings is 1. The molecule has 1 aromatic heterocycles. The van der Waals surface area contributed by atoms with Crippen molar-refractivity contribution in [1.82, 2.24) is 20.6 Å². The van der Waals surface area contributed by atoms with Gasteiger partial charge in [-0.1, -0.05) is 30.3 Å². The Balaban J connectivity index is 1.59. The molecule has 1 heterocycles. The molecule has 0 aliphatic rings. The molecule has 1 aromatic carbocycles. The van der Waals surface area contributed by atoms with Gasteiger partial charge in [0, 0.05) is 37.8 Å². The standard InChI is InChI=1S/C16H22N4O/c1-13(14-5-3-2-4-6-14)20-16(21)8-10-17-9-7-15-11-18-12-19-15/h2-6,11-13,17H,7-10H2,1H3,(H,18,19)(H,20,21). The van der Waals surface area contributed by atoms with Crippen LogP contribution in [0, 0.1) is 0 Å². The smallest absolute Gasteiger partial charge is 0.221 e. The fourth-order valence-corrected chi connectivity index (χ4v) is 2.11. The van der Waals surface area contributed by atoms with E-state index in [9.17, 15) is 4.79 Å². The number of carbonyl (C=O) groups excluding carboxylic acids is 1. The molecule has 0 bridgehead atoms. The molecule has 21 heavy (non-hydrogen) atoms. The number of rotatable bonds is 8. The lowest BCUT2D eigenvalue weighted by molar-refractivity contribution is -0.121. The molecule has 2 aromatic rings. The Bertz CT molecular complexity index is 524. The van der Waals surface area contributed by atoms with Crippen molar-refractivity contribution in [2.75, 3.05) is 13.1 Å². The van der Waals surface area contributed by atoms with Gasteiger partial charge in [0.1, 0.15) is 0 Å². The van der Waals surface area contributed by atoms with Gasteiger partial charge in [0.15, 0.2) is 0 Å². The van der Waals surface area contributed by atoms with E-state index in [0.717, 1.165) is 24.2 Å². The number of aromatic nitrogens is 2. The number of amides is 1. The highest BCUT2D eigenvalue weighted by Crippen LogP contribution is 2.10. The van der Waals surface area contributed by atoms with Crippen molar-refractivity contribution in [3.8, 4) is 0 Å². The second-order valence-electron chi connectivity index (χ2n) is 5.03. The van der Waals surface area contributed by atoms with Gasteiger partial charge in [-0.2, -0.15) is 0 Å². The molecule has 0 saturated carbocycles. The highest BCUT2D eigenvalue weighted by Gasteiger charge is 2.08. The Hall–Kier alpha value is -2.14. The topological polar surface area (TPSA) is 69.8 Å². The number of H-pyrrole nitrogens is 1. The van der Waals surface area contributed by atoms with E-state index < -0.39 is 0 Å². The fraction of sp³-hybridized carbons (Fsp3) is 0.375. The van der Waals surface area contributed by atoms with E-state index in [2.05, 4.69) is 20.6 Å². The van der Waals surface area contributed by atoms with Crippen LogP contribution in [-0.2, 0) is 11.2 Å². The average molecular weight is 286 g/mol. The lowest BCUT2D eigenvalue weighted by atomic mass is 10.1. The zero-order valence-electron chi connectivity index (χ0n) is 12.3. The SMILES string of the molecule is CC(NC(=O)CCNCCc1cnc[nH]1)c1ccccc1. The third-order valence-corrected chi connectivity index (χ3v) is 3.33. The van der Waals surface area contributed by atoms with Crippen LogP contribution in [0.1, 0.15) is 30.6 Å². The molecule has 0 fully saturated rings. The van der Waals surface area contributed by atoms with Crippen LogP contribution in [0.5, 0.6) is 0 Å². The van der Waals surface area contributed by atoms with Crippen molar-refractivity contribution >= 4 is 5.91 Å². The van der Waals surface area contributed by atoms with E-state index in [0.29, 0.717) is 13.0 Å². The van der Waals surface area contributed by atoms with Crippen LogP contribution < -0.4 is 10.6 Å². The number of imidazole rings is 1. The van der Waals surface area contributed by atoms with Crippen LogP contribution in [0.25, 0.3) is 0 Å². The summed E-state index contributed by atoms with van der Waals surface area (Å²) in [7, 11) is 0. The summed E-state index contributed by atoms with van der Waals surface area (Å²) in [6.45, 7) is 3.52. The summed E-state index contributed by atoms with van der Waals surface area (Å²) in [6, 6.07) is 10.0. The highest BCUT2D eigenvalue weighted by atomic mass is 16.1. The minimum Gasteiger partial charge on any atom is -0.350 e. The molecule has 0 radical (unpaired) electrons.